The first kappa shape index (κ1) is 13.8. The molecule has 0 aromatic carbocycles. The Hall–Kier alpha value is -1.60. The molecule has 1 aromatic rings. The standard InChI is InChI=1S/C12H18N4O2S/c1-2-13-12(19)15-14-9-10-3-4-11(18-10)16-5-7-17-8-6-16/h3-4,9H,2,5-8H2,1H3,(H2,13,15,19)/b14-9-. The average molecular weight is 282 g/mol. The zero-order valence-electron chi connectivity index (χ0n) is 10.9. The van der Waals surface area contributed by atoms with Gasteiger partial charge < -0.3 is 19.4 Å². The van der Waals surface area contributed by atoms with Gasteiger partial charge >= 0.3 is 0 Å². The van der Waals surface area contributed by atoms with E-state index in [9.17, 15) is 0 Å². The quantitative estimate of drug-likeness (QED) is 0.487. The van der Waals surface area contributed by atoms with Gasteiger partial charge in [-0.2, -0.15) is 5.10 Å². The van der Waals surface area contributed by atoms with Crippen molar-refractivity contribution in [1.82, 2.24) is 10.7 Å². The third-order valence-electron chi connectivity index (χ3n) is 2.63. The fourth-order valence-corrected chi connectivity index (χ4v) is 1.92. The number of morpholine rings is 1. The molecular weight excluding hydrogens is 264 g/mol. The van der Waals surface area contributed by atoms with Gasteiger partial charge in [0.05, 0.1) is 19.4 Å². The Morgan fingerprint density at radius 1 is 1.47 bits per heavy atom. The molecule has 0 amide bonds. The first-order chi connectivity index (χ1) is 9.29. The average Bonchev–Trinajstić information content (AvgIpc) is 2.89. The number of hydrazone groups is 1. The smallest absolute Gasteiger partial charge is 0.196 e. The Morgan fingerprint density at radius 3 is 3.00 bits per heavy atom. The number of nitrogens with one attached hydrogen (secondary N) is 2. The van der Waals surface area contributed by atoms with Crippen LogP contribution < -0.4 is 15.6 Å². The Morgan fingerprint density at radius 2 is 2.26 bits per heavy atom. The molecule has 2 heterocycles. The minimum atomic E-state index is 0.499. The second kappa shape index (κ2) is 7.10. The molecule has 1 aliphatic heterocycles. The van der Waals surface area contributed by atoms with E-state index >= 15 is 0 Å². The molecular formula is C12H18N4O2S. The van der Waals surface area contributed by atoms with Gasteiger partial charge in [-0.05, 0) is 25.2 Å². The number of hydrogen-bond acceptors (Lipinski definition) is 5. The van der Waals surface area contributed by atoms with Crippen LogP contribution in [0.15, 0.2) is 21.7 Å². The summed E-state index contributed by atoms with van der Waals surface area (Å²) in [4.78, 5) is 2.15. The van der Waals surface area contributed by atoms with E-state index < -0.39 is 0 Å². The van der Waals surface area contributed by atoms with Gasteiger partial charge in [0.2, 0.25) is 0 Å². The van der Waals surface area contributed by atoms with Gasteiger partial charge in [0, 0.05) is 25.7 Å². The maximum atomic E-state index is 5.68. The van der Waals surface area contributed by atoms with E-state index in [1.807, 2.05) is 19.1 Å². The minimum Gasteiger partial charge on any atom is -0.440 e. The molecule has 6 nitrogen and oxygen atoms in total. The molecule has 2 N–H and O–H groups in total. The zero-order valence-corrected chi connectivity index (χ0v) is 11.7. The van der Waals surface area contributed by atoms with E-state index in [0.717, 1.165) is 38.7 Å². The SMILES string of the molecule is CCNC(=S)N/N=C\c1ccc(N2CCOCC2)o1. The summed E-state index contributed by atoms with van der Waals surface area (Å²) in [6.07, 6.45) is 1.60. The monoisotopic (exact) mass is 282 g/mol. The second-order valence-corrected chi connectivity index (χ2v) is 4.41. The zero-order chi connectivity index (χ0) is 13.5. The van der Waals surface area contributed by atoms with Crippen molar-refractivity contribution < 1.29 is 9.15 Å². The van der Waals surface area contributed by atoms with Crippen molar-refractivity contribution >= 4 is 29.4 Å². The van der Waals surface area contributed by atoms with E-state index in [4.69, 9.17) is 21.4 Å². The molecule has 1 aliphatic rings. The number of thiocarbonyl (C=S) groups is 1. The number of hydrogen-bond donors (Lipinski definition) is 2. The molecule has 1 saturated heterocycles. The summed E-state index contributed by atoms with van der Waals surface area (Å²) in [5, 5.41) is 7.44. The summed E-state index contributed by atoms with van der Waals surface area (Å²) in [7, 11) is 0. The summed E-state index contributed by atoms with van der Waals surface area (Å²) in [5.74, 6) is 1.53. The van der Waals surface area contributed by atoms with E-state index in [2.05, 4.69) is 20.7 Å². The highest BCUT2D eigenvalue weighted by Crippen LogP contribution is 2.18. The van der Waals surface area contributed by atoms with Crippen LogP contribution in [0.1, 0.15) is 12.7 Å². The van der Waals surface area contributed by atoms with Crippen molar-refractivity contribution in [2.75, 3.05) is 37.7 Å². The van der Waals surface area contributed by atoms with E-state index in [1.165, 1.54) is 0 Å². The van der Waals surface area contributed by atoms with E-state index in [0.29, 0.717) is 10.9 Å². The summed E-state index contributed by atoms with van der Waals surface area (Å²) in [5.41, 5.74) is 2.72. The highest BCUT2D eigenvalue weighted by atomic mass is 32.1. The summed E-state index contributed by atoms with van der Waals surface area (Å²) < 4.78 is 11.0. The largest absolute Gasteiger partial charge is 0.440 e. The van der Waals surface area contributed by atoms with Crippen molar-refractivity contribution in [2.45, 2.75) is 6.92 Å². The van der Waals surface area contributed by atoms with Crippen molar-refractivity contribution in [3.63, 3.8) is 0 Å². The highest BCUT2D eigenvalue weighted by molar-refractivity contribution is 7.80. The lowest BCUT2D eigenvalue weighted by atomic mass is 10.4. The molecule has 0 bridgehead atoms. The second-order valence-electron chi connectivity index (χ2n) is 4.00. The molecule has 0 unspecified atom stereocenters. The fraction of sp³-hybridized carbons (Fsp3) is 0.500. The van der Waals surface area contributed by atoms with Gasteiger partial charge in [0.1, 0.15) is 5.76 Å². The van der Waals surface area contributed by atoms with Crippen LogP contribution >= 0.6 is 12.2 Å². The number of nitrogens with zero attached hydrogens (tertiary/aromatic N) is 2. The van der Waals surface area contributed by atoms with Crippen LogP contribution in [0.3, 0.4) is 0 Å². The summed E-state index contributed by atoms with van der Waals surface area (Å²) in [6, 6.07) is 3.82. The van der Waals surface area contributed by atoms with E-state index in [1.54, 1.807) is 6.21 Å². The minimum absolute atomic E-state index is 0.499. The first-order valence-corrected chi connectivity index (χ1v) is 6.70. The fourth-order valence-electron chi connectivity index (χ4n) is 1.72. The van der Waals surface area contributed by atoms with Crippen LogP contribution in [0.5, 0.6) is 0 Å². The van der Waals surface area contributed by atoms with Gasteiger partial charge in [0.25, 0.3) is 0 Å². The molecule has 7 heteroatoms. The van der Waals surface area contributed by atoms with Crippen molar-refractivity contribution in [1.29, 1.82) is 0 Å². The molecule has 1 fully saturated rings. The van der Waals surface area contributed by atoms with Crippen molar-refractivity contribution in [3.05, 3.63) is 17.9 Å². The van der Waals surface area contributed by atoms with Crippen LogP contribution in [0.2, 0.25) is 0 Å². The maximum absolute atomic E-state index is 5.68. The lowest BCUT2D eigenvalue weighted by molar-refractivity contribution is 0.120. The van der Waals surface area contributed by atoms with Gasteiger partial charge in [-0.25, -0.2) is 0 Å². The van der Waals surface area contributed by atoms with Crippen LogP contribution in [0.4, 0.5) is 5.88 Å². The maximum Gasteiger partial charge on any atom is 0.196 e. The lowest BCUT2D eigenvalue weighted by Crippen LogP contribution is -2.35. The van der Waals surface area contributed by atoms with Crippen LogP contribution in [-0.2, 0) is 4.74 Å². The van der Waals surface area contributed by atoms with E-state index in [-0.39, 0.29) is 0 Å². The number of rotatable bonds is 4. The highest BCUT2D eigenvalue weighted by Gasteiger charge is 2.13. The Labute approximate surface area is 117 Å². The van der Waals surface area contributed by atoms with Gasteiger partial charge in [-0.15, -0.1) is 0 Å². The van der Waals surface area contributed by atoms with Crippen LogP contribution in [0, 0.1) is 0 Å². The molecule has 104 valence electrons. The van der Waals surface area contributed by atoms with Crippen molar-refractivity contribution in [3.8, 4) is 0 Å². The predicted octanol–water partition coefficient (Wildman–Crippen LogP) is 0.934. The normalized spacial score (nSPS) is 15.7. The third kappa shape index (κ3) is 4.22. The Balaban J connectivity index is 1.86. The Bertz CT molecular complexity index is 441. The van der Waals surface area contributed by atoms with Gasteiger partial charge in [-0.1, -0.05) is 0 Å². The van der Waals surface area contributed by atoms with Crippen molar-refractivity contribution in [2.24, 2.45) is 5.10 Å². The molecule has 1 aromatic heterocycles. The van der Waals surface area contributed by atoms with Crippen LogP contribution in [-0.4, -0.2) is 44.2 Å². The molecule has 0 aliphatic carbocycles. The molecule has 2 rings (SSSR count). The lowest BCUT2D eigenvalue weighted by Gasteiger charge is -2.26. The molecule has 0 radical (unpaired) electrons. The summed E-state index contributed by atoms with van der Waals surface area (Å²) >= 11 is 4.99. The Kier molecular flexibility index (Phi) is 5.17. The molecule has 0 saturated carbocycles. The molecule has 19 heavy (non-hydrogen) atoms. The number of furan rings is 1. The third-order valence-corrected chi connectivity index (χ3v) is 2.87. The van der Waals surface area contributed by atoms with Crippen LogP contribution in [0.25, 0.3) is 0 Å². The molecule has 0 atom stereocenters. The first-order valence-electron chi connectivity index (χ1n) is 6.29. The van der Waals surface area contributed by atoms with Gasteiger partial charge in [-0.3, -0.25) is 5.43 Å². The number of ether oxygens (including phenoxy) is 1. The summed E-state index contributed by atoms with van der Waals surface area (Å²) in [6.45, 7) is 5.92. The van der Waals surface area contributed by atoms with Gasteiger partial charge in [0.15, 0.2) is 11.0 Å². The predicted molar refractivity (Wildman–Crippen MR) is 78.7 cm³/mol. The topological polar surface area (TPSA) is 62.0 Å². The molecule has 0 spiro atoms. The number of anilines is 1.